The molecule has 0 aliphatic heterocycles. The summed E-state index contributed by atoms with van der Waals surface area (Å²) in [6, 6.07) is 0.723. The van der Waals surface area contributed by atoms with Gasteiger partial charge >= 0.3 is 0 Å². The number of ketones is 1. The minimum Gasteiger partial charge on any atom is -0.399 e. The molecule has 3 nitrogen and oxygen atoms in total. The zero-order valence-corrected chi connectivity index (χ0v) is 8.26. The lowest BCUT2D eigenvalue weighted by Gasteiger charge is -1.97. The number of carbonyl (C=O) groups excluding carboxylic acids is 1. The summed E-state index contributed by atoms with van der Waals surface area (Å²) in [6.07, 6.45) is 1.91. The zero-order chi connectivity index (χ0) is 8.69. The van der Waals surface area contributed by atoms with E-state index in [9.17, 15) is 4.79 Å². The van der Waals surface area contributed by atoms with Crippen LogP contribution in [0.4, 0.5) is 0 Å². The number of hydrogen-bond acceptors (Lipinski definition) is 3. The summed E-state index contributed by atoms with van der Waals surface area (Å²) in [4.78, 5) is 15.4. The third-order valence-electron chi connectivity index (χ3n) is 1.05. The molecule has 0 aromatic rings. The molecule has 0 fully saturated rings. The molecule has 0 unspecified atom stereocenters. The Balaban J connectivity index is 3.45. The van der Waals surface area contributed by atoms with E-state index in [-0.39, 0.29) is 5.78 Å². The molecular weight excluding hydrogens is 158 g/mol. The average molecular weight is 172 g/mol. The Bertz CT molecular complexity index is 145. The number of Topliss-reactive ketones (excluding diaryl/α,β-unsaturated/α-hetero) is 1. The number of rotatable bonds is 5. The van der Waals surface area contributed by atoms with Gasteiger partial charge in [-0.1, -0.05) is 18.2 Å². The fourth-order valence-corrected chi connectivity index (χ4v) is 1.61. The molecule has 0 aliphatic rings. The molecule has 0 N–H and O–H groups in total. The first-order valence-electron chi connectivity index (χ1n) is 3.52. The third kappa shape index (κ3) is 7.25. The monoisotopic (exact) mass is 172 g/mol. The van der Waals surface area contributed by atoms with E-state index in [1.54, 1.807) is 0 Å². The van der Waals surface area contributed by atoms with E-state index >= 15 is 0 Å². The van der Waals surface area contributed by atoms with Gasteiger partial charge in [0.15, 0.2) is 0 Å². The van der Waals surface area contributed by atoms with Crippen LogP contribution < -0.4 is 0 Å². The second kappa shape index (κ2) is 6.09. The van der Waals surface area contributed by atoms with Gasteiger partial charge in [0.2, 0.25) is 0 Å². The molecule has 0 saturated carbocycles. The normalized spacial score (nSPS) is 10.9. The van der Waals surface area contributed by atoms with Crippen LogP contribution in [-0.2, 0) is 9.63 Å². The van der Waals surface area contributed by atoms with Crippen molar-refractivity contribution in [3.05, 3.63) is 0 Å². The molecule has 0 aromatic carbocycles. The van der Waals surface area contributed by atoms with Crippen LogP contribution in [0.5, 0.6) is 0 Å². The summed E-state index contributed by atoms with van der Waals surface area (Å²) in [5.41, 5.74) is 0. The third-order valence-corrected chi connectivity index (χ3v) is 2.15. The van der Waals surface area contributed by atoms with Crippen molar-refractivity contribution < 1.29 is 9.63 Å². The first-order chi connectivity index (χ1) is 5.16. The SMILES string of the molecule is CON=CCC(=O)C[Si](C)C. The van der Waals surface area contributed by atoms with Gasteiger partial charge in [0.05, 0.1) is 6.21 Å². The van der Waals surface area contributed by atoms with Crippen LogP contribution >= 0.6 is 0 Å². The largest absolute Gasteiger partial charge is 0.399 e. The van der Waals surface area contributed by atoms with Crippen LogP contribution in [0.3, 0.4) is 0 Å². The first kappa shape index (κ1) is 10.4. The van der Waals surface area contributed by atoms with Crippen molar-refractivity contribution in [3.63, 3.8) is 0 Å². The second-order valence-electron chi connectivity index (χ2n) is 2.60. The Hall–Kier alpha value is -0.643. The Morgan fingerprint density at radius 2 is 2.27 bits per heavy atom. The molecule has 0 amide bonds. The quantitative estimate of drug-likeness (QED) is 0.356. The van der Waals surface area contributed by atoms with Crippen LogP contribution in [0.15, 0.2) is 5.16 Å². The molecule has 11 heavy (non-hydrogen) atoms. The minimum atomic E-state index is -0.422. The van der Waals surface area contributed by atoms with Crippen molar-refractivity contribution in [3.8, 4) is 0 Å². The molecule has 0 saturated heterocycles. The Labute approximate surface area is 69.0 Å². The number of nitrogens with zero attached hydrogens (tertiary/aromatic N) is 1. The fraction of sp³-hybridized carbons (Fsp3) is 0.714. The van der Waals surface area contributed by atoms with Crippen LogP contribution in [0.1, 0.15) is 6.42 Å². The molecule has 63 valence electrons. The lowest BCUT2D eigenvalue weighted by atomic mass is 10.3. The van der Waals surface area contributed by atoms with Gasteiger partial charge in [-0.3, -0.25) is 4.79 Å². The van der Waals surface area contributed by atoms with Crippen molar-refractivity contribution in [2.24, 2.45) is 5.16 Å². The number of oxime groups is 1. The summed E-state index contributed by atoms with van der Waals surface area (Å²) < 4.78 is 0. The summed E-state index contributed by atoms with van der Waals surface area (Å²) in [7, 11) is 1.05. The van der Waals surface area contributed by atoms with Gasteiger partial charge in [0.1, 0.15) is 12.9 Å². The van der Waals surface area contributed by atoms with Gasteiger partial charge in [-0.15, -0.1) is 0 Å². The molecule has 0 aromatic heterocycles. The van der Waals surface area contributed by atoms with Gasteiger partial charge in [-0.2, -0.15) is 0 Å². The van der Waals surface area contributed by atoms with Crippen molar-refractivity contribution >= 4 is 20.8 Å². The van der Waals surface area contributed by atoms with Crippen LogP contribution in [0, 0.1) is 0 Å². The topological polar surface area (TPSA) is 38.7 Å². The van der Waals surface area contributed by atoms with Crippen molar-refractivity contribution in [1.82, 2.24) is 0 Å². The van der Waals surface area contributed by atoms with E-state index in [4.69, 9.17) is 0 Å². The summed E-state index contributed by atoms with van der Waals surface area (Å²) in [6.45, 7) is 4.24. The van der Waals surface area contributed by atoms with E-state index < -0.39 is 8.80 Å². The van der Waals surface area contributed by atoms with E-state index in [0.29, 0.717) is 6.42 Å². The van der Waals surface area contributed by atoms with Crippen LogP contribution in [0.25, 0.3) is 0 Å². The van der Waals surface area contributed by atoms with Crippen molar-refractivity contribution in [1.29, 1.82) is 0 Å². The average Bonchev–Trinajstić information content (AvgIpc) is 1.86. The van der Waals surface area contributed by atoms with Crippen molar-refractivity contribution in [2.75, 3.05) is 7.11 Å². The molecule has 0 aliphatic carbocycles. The fourth-order valence-electron chi connectivity index (χ4n) is 0.680. The van der Waals surface area contributed by atoms with E-state index in [2.05, 4.69) is 23.1 Å². The Morgan fingerprint density at radius 3 is 2.73 bits per heavy atom. The second-order valence-corrected chi connectivity index (χ2v) is 5.37. The van der Waals surface area contributed by atoms with E-state index in [1.807, 2.05) is 0 Å². The van der Waals surface area contributed by atoms with Crippen LogP contribution in [0.2, 0.25) is 19.1 Å². The molecule has 4 heteroatoms. The van der Waals surface area contributed by atoms with Gasteiger partial charge in [0.25, 0.3) is 0 Å². The van der Waals surface area contributed by atoms with Gasteiger partial charge < -0.3 is 4.84 Å². The smallest absolute Gasteiger partial charge is 0.135 e. The van der Waals surface area contributed by atoms with Gasteiger partial charge in [0, 0.05) is 15.2 Å². The van der Waals surface area contributed by atoms with Crippen molar-refractivity contribution in [2.45, 2.75) is 25.6 Å². The maximum Gasteiger partial charge on any atom is 0.135 e. The Kier molecular flexibility index (Phi) is 5.74. The van der Waals surface area contributed by atoms with Crippen LogP contribution in [-0.4, -0.2) is 27.9 Å². The lowest BCUT2D eigenvalue weighted by Crippen LogP contribution is -2.08. The molecule has 0 atom stereocenters. The highest BCUT2D eigenvalue weighted by atomic mass is 28.3. The lowest BCUT2D eigenvalue weighted by molar-refractivity contribution is -0.115. The van der Waals surface area contributed by atoms with E-state index in [0.717, 1.165) is 6.04 Å². The van der Waals surface area contributed by atoms with Gasteiger partial charge in [-0.05, 0) is 6.04 Å². The number of carbonyl (C=O) groups is 1. The predicted octanol–water partition coefficient (Wildman–Crippen LogP) is 1.33. The van der Waals surface area contributed by atoms with Gasteiger partial charge in [-0.25, -0.2) is 0 Å². The highest BCUT2D eigenvalue weighted by molar-refractivity contribution is 6.59. The molecule has 0 heterocycles. The zero-order valence-electron chi connectivity index (χ0n) is 7.26. The highest BCUT2D eigenvalue weighted by Gasteiger charge is 2.03. The highest BCUT2D eigenvalue weighted by Crippen LogP contribution is 1.94. The Morgan fingerprint density at radius 1 is 1.64 bits per heavy atom. The summed E-state index contributed by atoms with van der Waals surface area (Å²) in [5.74, 6) is 0.254. The number of hydrogen-bond donors (Lipinski definition) is 0. The molecule has 0 rings (SSSR count). The maximum atomic E-state index is 11.0. The van der Waals surface area contributed by atoms with E-state index in [1.165, 1.54) is 13.3 Å². The summed E-state index contributed by atoms with van der Waals surface area (Å²) >= 11 is 0. The first-order valence-corrected chi connectivity index (χ1v) is 6.23. The molecule has 1 radical (unpaired) electrons. The summed E-state index contributed by atoms with van der Waals surface area (Å²) in [5, 5.41) is 3.48. The molecular formula is C7H14NO2Si. The minimum absolute atomic E-state index is 0.254. The standard InChI is InChI=1S/C7H14NO2Si/c1-10-8-5-4-7(9)6-11(2)3/h5H,4,6H2,1-3H3. The maximum absolute atomic E-state index is 11.0. The predicted molar refractivity (Wildman–Crippen MR) is 47.4 cm³/mol. The molecule has 0 spiro atoms. The molecule has 0 bridgehead atoms.